The molecule has 0 spiro atoms. The van der Waals surface area contributed by atoms with Gasteiger partial charge in [-0.25, -0.2) is 0 Å². The van der Waals surface area contributed by atoms with Gasteiger partial charge in [0.1, 0.15) is 5.75 Å². The Bertz CT molecular complexity index is 701. The Balaban J connectivity index is 1.92. The maximum atomic E-state index is 12.7. The van der Waals surface area contributed by atoms with Crippen LogP contribution in [0.15, 0.2) is 22.7 Å². The molecule has 1 aliphatic heterocycles. The van der Waals surface area contributed by atoms with Crippen LogP contribution >= 0.6 is 15.9 Å². The van der Waals surface area contributed by atoms with E-state index in [0.29, 0.717) is 48.3 Å². The number of hydrogen-bond donors (Lipinski definition) is 0. The average molecular weight is 441 g/mol. The van der Waals surface area contributed by atoms with Crippen molar-refractivity contribution in [3.8, 4) is 5.75 Å². The van der Waals surface area contributed by atoms with Crippen molar-refractivity contribution in [1.82, 2.24) is 9.80 Å². The summed E-state index contributed by atoms with van der Waals surface area (Å²) in [7, 11) is 3.13. The molecular formula is C19H25BrN2O5. The highest BCUT2D eigenvalue weighted by atomic mass is 79.9. The lowest BCUT2D eigenvalue weighted by Gasteiger charge is -2.32. The van der Waals surface area contributed by atoms with Gasteiger partial charge in [0.2, 0.25) is 5.91 Å². The molecule has 0 aromatic heterocycles. The van der Waals surface area contributed by atoms with E-state index in [1.807, 2.05) is 0 Å². The summed E-state index contributed by atoms with van der Waals surface area (Å²) in [5.41, 5.74) is 0.436. The molecule has 1 aromatic rings. The predicted octanol–water partition coefficient (Wildman–Crippen LogP) is 2.33. The first-order chi connectivity index (χ1) is 12.9. The fraction of sp³-hybridized carbons (Fsp3) is 0.526. The number of carbonyl (C=O) groups excluding carboxylic acids is 3. The summed E-state index contributed by atoms with van der Waals surface area (Å²) in [6.45, 7) is 3.11. The molecule has 0 atom stereocenters. The monoisotopic (exact) mass is 440 g/mol. The van der Waals surface area contributed by atoms with E-state index in [1.165, 1.54) is 12.0 Å². The SMILES string of the molecule is CCOC(=O)C1CCN(C(=O)CN(C)C(=O)c2cc(OC)ccc2Br)CC1. The molecule has 2 rings (SSSR count). The second-order valence-electron chi connectivity index (χ2n) is 6.41. The third-order valence-electron chi connectivity index (χ3n) is 4.59. The van der Waals surface area contributed by atoms with Gasteiger partial charge < -0.3 is 19.3 Å². The normalized spacial score (nSPS) is 14.6. The second kappa shape index (κ2) is 9.73. The number of likely N-dealkylation sites (tertiary alicyclic amines) is 1. The molecule has 1 heterocycles. The Hall–Kier alpha value is -2.09. The van der Waals surface area contributed by atoms with Gasteiger partial charge in [-0.2, -0.15) is 0 Å². The number of carbonyl (C=O) groups is 3. The summed E-state index contributed by atoms with van der Waals surface area (Å²) in [6.07, 6.45) is 1.17. The lowest BCUT2D eigenvalue weighted by molar-refractivity contribution is -0.151. The molecule has 2 amide bonds. The minimum Gasteiger partial charge on any atom is -0.497 e. The average Bonchev–Trinajstić information content (AvgIpc) is 2.68. The molecule has 27 heavy (non-hydrogen) atoms. The molecule has 0 N–H and O–H groups in total. The van der Waals surface area contributed by atoms with Crippen molar-refractivity contribution >= 4 is 33.7 Å². The number of piperidine rings is 1. The van der Waals surface area contributed by atoms with E-state index < -0.39 is 0 Å². The maximum Gasteiger partial charge on any atom is 0.309 e. The van der Waals surface area contributed by atoms with Crippen LogP contribution < -0.4 is 4.74 Å². The number of nitrogens with zero attached hydrogens (tertiary/aromatic N) is 2. The molecule has 0 aliphatic carbocycles. The van der Waals surface area contributed by atoms with Crippen molar-refractivity contribution in [3.05, 3.63) is 28.2 Å². The molecule has 0 radical (unpaired) electrons. The van der Waals surface area contributed by atoms with Crippen LogP contribution in [0.5, 0.6) is 5.75 Å². The minimum absolute atomic E-state index is 0.0213. The first kappa shape index (κ1) is 21.2. The second-order valence-corrected chi connectivity index (χ2v) is 7.27. The summed E-state index contributed by atoms with van der Waals surface area (Å²) in [4.78, 5) is 40.1. The summed E-state index contributed by atoms with van der Waals surface area (Å²) < 4.78 is 10.8. The summed E-state index contributed by atoms with van der Waals surface area (Å²) in [6, 6.07) is 5.12. The van der Waals surface area contributed by atoms with Crippen LogP contribution in [0.3, 0.4) is 0 Å². The zero-order chi connectivity index (χ0) is 20.0. The van der Waals surface area contributed by atoms with Crippen molar-refractivity contribution < 1.29 is 23.9 Å². The van der Waals surface area contributed by atoms with Gasteiger partial charge in [0.25, 0.3) is 5.91 Å². The lowest BCUT2D eigenvalue weighted by atomic mass is 9.97. The van der Waals surface area contributed by atoms with Crippen molar-refractivity contribution in [2.75, 3.05) is 40.4 Å². The van der Waals surface area contributed by atoms with Gasteiger partial charge in [-0.1, -0.05) is 0 Å². The van der Waals surface area contributed by atoms with E-state index >= 15 is 0 Å². The van der Waals surface area contributed by atoms with Crippen molar-refractivity contribution in [3.63, 3.8) is 0 Å². The molecule has 1 saturated heterocycles. The van der Waals surface area contributed by atoms with Crippen molar-refractivity contribution in [1.29, 1.82) is 0 Å². The van der Waals surface area contributed by atoms with Crippen molar-refractivity contribution in [2.45, 2.75) is 19.8 Å². The molecule has 1 aromatic carbocycles. The fourth-order valence-electron chi connectivity index (χ4n) is 3.00. The number of rotatable bonds is 6. The molecule has 8 heteroatoms. The van der Waals surface area contributed by atoms with Crippen LogP contribution in [0.1, 0.15) is 30.1 Å². The smallest absolute Gasteiger partial charge is 0.309 e. The van der Waals surface area contributed by atoms with Gasteiger partial charge >= 0.3 is 5.97 Å². The Labute approximate surface area is 167 Å². The van der Waals surface area contributed by atoms with E-state index in [0.717, 1.165) is 0 Å². The van der Waals surface area contributed by atoms with Crippen LogP contribution in [0.4, 0.5) is 0 Å². The molecule has 148 valence electrons. The fourth-order valence-corrected chi connectivity index (χ4v) is 3.42. The van der Waals surface area contributed by atoms with Crippen LogP contribution in [-0.2, 0) is 14.3 Å². The topological polar surface area (TPSA) is 76.2 Å². The molecule has 7 nitrogen and oxygen atoms in total. The van der Waals surface area contributed by atoms with Gasteiger partial charge in [-0.05, 0) is 53.9 Å². The van der Waals surface area contributed by atoms with Gasteiger partial charge in [-0.3, -0.25) is 14.4 Å². The zero-order valence-electron chi connectivity index (χ0n) is 15.9. The number of halogens is 1. The molecule has 1 aliphatic rings. The Morgan fingerprint density at radius 3 is 2.52 bits per heavy atom. The highest BCUT2D eigenvalue weighted by Crippen LogP contribution is 2.24. The standard InChI is InChI=1S/C19H25BrN2O5/c1-4-27-19(25)13-7-9-22(10-8-13)17(23)12-21(2)18(24)15-11-14(26-3)5-6-16(15)20/h5-6,11,13H,4,7-10,12H2,1-3H3. The summed E-state index contributed by atoms with van der Waals surface area (Å²) >= 11 is 3.36. The first-order valence-electron chi connectivity index (χ1n) is 8.90. The number of benzene rings is 1. The highest BCUT2D eigenvalue weighted by molar-refractivity contribution is 9.10. The Morgan fingerprint density at radius 2 is 1.93 bits per heavy atom. The van der Waals surface area contributed by atoms with Gasteiger partial charge in [0.15, 0.2) is 0 Å². The van der Waals surface area contributed by atoms with E-state index in [9.17, 15) is 14.4 Å². The van der Waals surface area contributed by atoms with Gasteiger partial charge in [0, 0.05) is 24.6 Å². The number of amides is 2. The molecule has 0 unspecified atom stereocenters. The number of hydrogen-bond acceptors (Lipinski definition) is 5. The van der Waals surface area contributed by atoms with E-state index in [2.05, 4.69) is 15.9 Å². The van der Waals surface area contributed by atoms with E-state index in [-0.39, 0.29) is 30.2 Å². The molecule has 0 bridgehead atoms. The minimum atomic E-state index is -0.268. The van der Waals surface area contributed by atoms with Crippen molar-refractivity contribution in [2.24, 2.45) is 5.92 Å². The molecule has 1 fully saturated rings. The number of ether oxygens (including phenoxy) is 2. The maximum absolute atomic E-state index is 12.7. The third-order valence-corrected chi connectivity index (χ3v) is 5.28. The van der Waals surface area contributed by atoms with Crippen LogP contribution in [-0.4, -0.2) is 68.0 Å². The van der Waals surface area contributed by atoms with Crippen LogP contribution in [0, 0.1) is 5.92 Å². The summed E-state index contributed by atoms with van der Waals surface area (Å²) in [5.74, 6) is -0.175. The third kappa shape index (κ3) is 5.45. The number of esters is 1. The van der Waals surface area contributed by atoms with Gasteiger partial charge in [-0.15, -0.1) is 0 Å². The number of methoxy groups -OCH3 is 1. The molecule has 0 saturated carbocycles. The largest absolute Gasteiger partial charge is 0.497 e. The first-order valence-corrected chi connectivity index (χ1v) is 9.70. The quantitative estimate of drug-likeness (QED) is 0.634. The molecular weight excluding hydrogens is 416 g/mol. The van der Waals surface area contributed by atoms with Crippen LogP contribution in [0.2, 0.25) is 0 Å². The predicted molar refractivity (Wildman–Crippen MR) is 104 cm³/mol. The Morgan fingerprint density at radius 1 is 1.26 bits per heavy atom. The number of likely N-dealkylation sites (N-methyl/N-ethyl adjacent to an activating group) is 1. The lowest BCUT2D eigenvalue weighted by Crippen LogP contribution is -2.45. The summed E-state index contributed by atoms with van der Waals surface area (Å²) in [5, 5.41) is 0. The Kier molecular flexibility index (Phi) is 7.65. The van der Waals surface area contributed by atoms with E-state index in [1.54, 1.807) is 37.1 Å². The zero-order valence-corrected chi connectivity index (χ0v) is 17.5. The van der Waals surface area contributed by atoms with Gasteiger partial charge in [0.05, 0.1) is 31.7 Å². The van der Waals surface area contributed by atoms with E-state index in [4.69, 9.17) is 9.47 Å². The van der Waals surface area contributed by atoms with Crippen LogP contribution in [0.25, 0.3) is 0 Å². The highest BCUT2D eigenvalue weighted by Gasteiger charge is 2.29.